The van der Waals surface area contributed by atoms with E-state index in [0.717, 1.165) is 23.4 Å². The lowest BCUT2D eigenvalue weighted by Crippen LogP contribution is -2.17. The smallest absolute Gasteiger partial charge is 0.263 e. The Morgan fingerprint density at radius 3 is 2.71 bits per heavy atom. The molecule has 0 bridgehead atoms. The van der Waals surface area contributed by atoms with Crippen molar-refractivity contribution in [2.45, 2.75) is 31.7 Å². The van der Waals surface area contributed by atoms with Crippen molar-refractivity contribution in [1.29, 1.82) is 0 Å². The van der Waals surface area contributed by atoms with Crippen molar-refractivity contribution in [1.82, 2.24) is 5.32 Å². The summed E-state index contributed by atoms with van der Waals surface area (Å²) in [4.78, 5) is 1.19. The molecule has 0 atom stereocenters. The number of thiophene rings is 1. The fourth-order valence-corrected chi connectivity index (χ4v) is 4.46. The second kappa shape index (κ2) is 7.06. The highest BCUT2D eigenvalue weighted by Crippen LogP contribution is 2.24. The molecule has 0 aliphatic heterocycles. The first kappa shape index (κ1) is 16.0. The van der Waals surface area contributed by atoms with Gasteiger partial charge in [-0.3, -0.25) is 4.72 Å². The van der Waals surface area contributed by atoms with E-state index in [1.165, 1.54) is 11.3 Å². The topological polar surface area (TPSA) is 58.2 Å². The van der Waals surface area contributed by atoms with E-state index in [2.05, 4.69) is 10.0 Å². The molecule has 0 saturated carbocycles. The number of hydrogen-bond donors (Lipinski definition) is 2. The minimum atomic E-state index is -3.54. The summed E-state index contributed by atoms with van der Waals surface area (Å²) in [6.45, 7) is 5.42. The van der Waals surface area contributed by atoms with Crippen LogP contribution in [0, 0.1) is 0 Å². The molecular weight excluding hydrogens is 304 g/mol. The summed E-state index contributed by atoms with van der Waals surface area (Å²) in [6, 6.07) is 9.15. The number of aryl methyl sites for hydroxylation is 1. The Hall–Kier alpha value is -1.37. The Morgan fingerprint density at radius 1 is 1.19 bits per heavy atom. The van der Waals surface area contributed by atoms with Crippen molar-refractivity contribution in [2.24, 2.45) is 0 Å². The zero-order valence-corrected chi connectivity index (χ0v) is 13.9. The van der Waals surface area contributed by atoms with Crippen molar-refractivity contribution < 1.29 is 8.42 Å². The maximum Gasteiger partial charge on any atom is 0.263 e. The molecule has 0 aliphatic rings. The average molecular weight is 324 g/mol. The van der Waals surface area contributed by atoms with Crippen LogP contribution in [0.5, 0.6) is 0 Å². The molecule has 2 rings (SSSR count). The van der Waals surface area contributed by atoms with Crippen molar-refractivity contribution in [2.75, 3.05) is 11.3 Å². The van der Waals surface area contributed by atoms with Crippen LogP contribution in [0.4, 0.5) is 5.69 Å². The first-order valence-electron chi connectivity index (χ1n) is 6.95. The molecule has 21 heavy (non-hydrogen) atoms. The highest BCUT2D eigenvalue weighted by atomic mass is 32.2. The van der Waals surface area contributed by atoms with Gasteiger partial charge in [0.15, 0.2) is 0 Å². The lowest BCUT2D eigenvalue weighted by atomic mass is 10.1. The van der Waals surface area contributed by atoms with E-state index < -0.39 is 10.0 Å². The van der Waals surface area contributed by atoms with Crippen molar-refractivity contribution in [3.05, 3.63) is 46.2 Å². The Morgan fingerprint density at radius 2 is 2.00 bits per heavy atom. The highest BCUT2D eigenvalue weighted by molar-refractivity contribution is 7.93. The summed E-state index contributed by atoms with van der Waals surface area (Å²) < 4.78 is 27.7. The quantitative estimate of drug-likeness (QED) is 0.822. The minimum absolute atomic E-state index is 0.357. The standard InChI is InChI=1S/C15H20N2O2S2/c1-3-12-6-5-7-13(10-12)17-21(18,19)15-8-9-20-14(15)11-16-4-2/h5-10,16-17H,3-4,11H2,1-2H3. The van der Waals surface area contributed by atoms with E-state index in [-0.39, 0.29) is 0 Å². The molecular formula is C15H20N2O2S2. The van der Waals surface area contributed by atoms with Gasteiger partial charge in [0.25, 0.3) is 10.0 Å². The zero-order valence-electron chi connectivity index (χ0n) is 12.2. The van der Waals surface area contributed by atoms with E-state index in [1.54, 1.807) is 12.1 Å². The van der Waals surface area contributed by atoms with Gasteiger partial charge in [0, 0.05) is 17.1 Å². The molecule has 4 nitrogen and oxygen atoms in total. The fraction of sp³-hybridized carbons (Fsp3) is 0.333. The van der Waals surface area contributed by atoms with Crippen LogP contribution < -0.4 is 10.0 Å². The maximum absolute atomic E-state index is 12.5. The first-order valence-corrected chi connectivity index (χ1v) is 9.32. The van der Waals surface area contributed by atoms with Gasteiger partial charge in [0.05, 0.1) is 0 Å². The Balaban J connectivity index is 2.23. The third-order valence-corrected chi connectivity index (χ3v) is 5.63. The molecule has 0 unspecified atom stereocenters. The summed E-state index contributed by atoms with van der Waals surface area (Å²) in [5, 5.41) is 4.97. The fourth-order valence-electron chi connectivity index (χ4n) is 2.00. The summed E-state index contributed by atoms with van der Waals surface area (Å²) in [6.07, 6.45) is 0.875. The Bertz CT molecular complexity index is 693. The molecule has 0 saturated heterocycles. The molecule has 0 radical (unpaired) electrons. The van der Waals surface area contributed by atoms with Crippen LogP contribution in [0.25, 0.3) is 0 Å². The molecule has 2 N–H and O–H groups in total. The largest absolute Gasteiger partial charge is 0.312 e. The molecule has 2 aromatic rings. The zero-order chi connectivity index (χ0) is 15.3. The summed E-state index contributed by atoms with van der Waals surface area (Å²) in [5.41, 5.74) is 1.71. The number of rotatable bonds is 7. The van der Waals surface area contributed by atoms with Crippen LogP contribution in [-0.2, 0) is 23.0 Å². The van der Waals surface area contributed by atoms with Gasteiger partial charge in [0.1, 0.15) is 4.90 Å². The average Bonchev–Trinajstić information content (AvgIpc) is 2.94. The first-order chi connectivity index (χ1) is 10.1. The SMILES string of the molecule is CCNCc1sccc1S(=O)(=O)Nc1cccc(CC)c1. The van der Waals surface area contributed by atoms with Gasteiger partial charge in [-0.1, -0.05) is 26.0 Å². The second-order valence-corrected chi connectivity index (χ2v) is 7.30. The van der Waals surface area contributed by atoms with Gasteiger partial charge < -0.3 is 5.32 Å². The summed E-state index contributed by atoms with van der Waals surface area (Å²) >= 11 is 1.45. The predicted molar refractivity (Wildman–Crippen MR) is 88.3 cm³/mol. The van der Waals surface area contributed by atoms with Gasteiger partial charge in [-0.25, -0.2) is 8.42 Å². The summed E-state index contributed by atoms with van der Waals surface area (Å²) in [5.74, 6) is 0. The second-order valence-electron chi connectivity index (χ2n) is 4.65. The van der Waals surface area contributed by atoms with E-state index in [0.29, 0.717) is 17.1 Å². The molecule has 1 aromatic carbocycles. The number of hydrogen-bond acceptors (Lipinski definition) is 4. The molecule has 1 aromatic heterocycles. The number of sulfonamides is 1. The molecule has 0 amide bonds. The molecule has 0 aliphatic carbocycles. The lowest BCUT2D eigenvalue weighted by Gasteiger charge is -2.10. The highest BCUT2D eigenvalue weighted by Gasteiger charge is 2.19. The monoisotopic (exact) mass is 324 g/mol. The van der Waals surface area contributed by atoms with Crippen molar-refractivity contribution in [3.63, 3.8) is 0 Å². The van der Waals surface area contributed by atoms with Crippen LogP contribution >= 0.6 is 11.3 Å². The van der Waals surface area contributed by atoms with Crippen molar-refractivity contribution in [3.8, 4) is 0 Å². The van der Waals surface area contributed by atoms with Gasteiger partial charge in [-0.2, -0.15) is 0 Å². The normalized spacial score (nSPS) is 11.5. The lowest BCUT2D eigenvalue weighted by molar-refractivity contribution is 0.599. The third-order valence-electron chi connectivity index (χ3n) is 3.12. The van der Waals surface area contributed by atoms with Gasteiger partial charge in [-0.05, 0) is 42.1 Å². The molecule has 0 fully saturated rings. The number of anilines is 1. The van der Waals surface area contributed by atoms with E-state index in [9.17, 15) is 8.42 Å². The van der Waals surface area contributed by atoms with Crippen LogP contribution in [0.15, 0.2) is 40.6 Å². The molecule has 114 valence electrons. The minimum Gasteiger partial charge on any atom is -0.312 e. The van der Waals surface area contributed by atoms with Crippen LogP contribution in [0.2, 0.25) is 0 Å². The van der Waals surface area contributed by atoms with Gasteiger partial charge in [-0.15, -0.1) is 11.3 Å². The molecule has 0 spiro atoms. The molecule has 6 heteroatoms. The van der Waals surface area contributed by atoms with E-state index in [1.807, 2.05) is 37.4 Å². The Kier molecular flexibility index (Phi) is 5.39. The third kappa shape index (κ3) is 4.06. The van der Waals surface area contributed by atoms with E-state index >= 15 is 0 Å². The van der Waals surface area contributed by atoms with Crippen LogP contribution in [0.3, 0.4) is 0 Å². The predicted octanol–water partition coefficient (Wildman–Crippen LogP) is 3.22. The summed E-state index contributed by atoms with van der Waals surface area (Å²) in [7, 11) is -3.54. The van der Waals surface area contributed by atoms with Crippen LogP contribution in [0.1, 0.15) is 24.3 Å². The molecule has 1 heterocycles. The Labute approximate surface area is 130 Å². The van der Waals surface area contributed by atoms with E-state index in [4.69, 9.17) is 0 Å². The number of nitrogens with one attached hydrogen (secondary N) is 2. The maximum atomic E-state index is 12.5. The van der Waals surface area contributed by atoms with Gasteiger partial charge in [0.2, 0.25) is 0 Å². The van der Waals surface area contributed by atoms with Crippen LogP contribution in [-0.4, -0.2) is 15.0 Å². The number of benzene rings is 1. The van der Waals surface area contributed by atoms with Crippen molar-refractivity contribution >= 4 is 27.0 Å². The van der Waals surface area contributed by atoms with Gasteiger partial charge >= 0.3 is 0 Å².